The van der Waals surface area contributed by atoms with Crippen LogP contribution in [0.4, 0.5) is 0 Å². The van der Waals surface area contributed by atoms with E-state index in [1.165, 1.54) is 11.8 Å². The Kier molecular flexibility index (Phi) is 5.18. The van der Waals surface area contributed by atoms with Crippen molar-refractivity contribution in [2.24, 2.45) is 0 Å². The average molecular weight is 422 g/mol. The highest BCUT2D eigenvalue weighted by atomic mass is 32.2. The Morgan fingerprint density at radius 2 is 1.93 bits per heavy atom. The van der Waals surface area contributed by atoms with E-state index >= 15 is 0 Å². The topological polar surface area (TPSA) is 74.6 Å². The van der Waals surface area contributed by atoms with Gasteiger partial charge in [-0.3, -0.25) is 4.79 Å². The Bertz CT molecular complexity index is 1030. The molecular formula is C20H23NO5S2. The van der Waals surface area contributed by atoms with Gasteiger partial charge in [0.15, 0.2) is 27.1 Å². The molecule has 3 heterocycles. The first kappa shape index (κ1) is 19.4. The molecule has 1 aromatic heterocycles. The lowest BCUT2D eigenvalue weighted by Crippen LogP contribution is -2.15. The zero-order valence-corrected chi connectivity index (χ0v) is 17.6. The highest BCUT2D eigenvalue weighted by Gasteiger charge is 2.31. The average Bonchev–Trinajstić information content (AvgIpc) is 3.17. The number of hydrogen-bond acceptors (Lipinski definition) is 6. The van der Waals surface area contributed by atoms with E-state index < -0.39 is 9.84 Å². The Balaban J connectivity index is 1.48. The van der Waals surface area contributed by atoms with Crippen molar-refractivity contribution in [2.75, 3.05) is 30.5 Å². The van der Waals surface area contributed by atoms with Crippen LogP contribution in [-0.4, -0.2) is 49.2 Å². The fraction of sp³-hybridized carbons (Fsp3) is 0.450. The van der Waals surface area contributed by atoms with Gasteiger partial charge in [0.2, 0.25) is 0 Å². The van der Waals surface area contributed by atoms with Crippen LogP contribution in [0, 0.1) is 13.8 Å². The van der Waals surface area contributed by atoms with Crippen LogP contribution in [0.25, 0.3) is 0 Å². The molecule has 1 aromatic carbocycles. The van der Waals surface area contributed by atoms with Crippen molar-refractivity contribution in [3.05, 3.63) is 41.2 Å². The molecule has 1 atom stereocenters. The number of carbonyl (C=O) groups excluding carboxylic acids is 1. The summed E-state index contributed by atoms with van der Waals surface area (Å²) < 4.78 is 36.8. The van der Waals surface area contributed by atoms with E-state index in [4.69, 9.17) is 9.47 Å². The molecule has 150 valence electrons. The van der Waals surface area contributed by atoms with Crippen LogP contribution in [-0.2, 0) is 9.84 Å². The molecule has 8 heteroatoms. The molecule has 6 nitrogen and oxygen atoms in total. The third kappa shape index (κ3) is 3.80. The van der Waals surface area contributed by atoms with Crippen molar-refractivity contribution in [1.29, 1.82) is 0 Å². The quantitative estimate of drug-likeness (QED) is 0.545. The molecule has 1 fully saturated rings. The highest BCUT2D eigenvalue weighted by Crippen LogP contribution is 2.35. The van der Waals surface area contributed by atoms with E-state index in [0.717, 1.165) is 22.0 Å². The number of ether oxygens (including phenoxy) is 2. The van der Waals surface area contributed by atoms with Gasteiger partial charge in [-0.25, -0.2) is 8.42 Å². The molecule has 0 bridgehead atoms. The molecule has 2 aliphatic rings. The number of thioether (sulfide) groups is 1. The van der Waals surface area contributed by atoms with Crippen LogP contribution >= 0.6 is 11.8 Å². The molecule has 0 amide bonds. The second kappa shape index (κ2) is 7.48. The number of carbonyl (C=O) groups is 1. The number of fused-ring (bicyclic) bond motifs is 1. The predicted molar refractivity (Wildman–Crippen MR) is 109 cm³/mol. The molecule has 0 spiro atoms. The lowest BCUT2D eigenvalue weighted by atomic mass is 10.2. The SMILES string of the molecule is Cc1cc(C(=O)CSc2ccc3c(c2)OCCO3)c(C)n1[C@H]1CCS(=O)(=O)C1. The van der Waals surface area contributed by atoms with Gasteiger partial charge >= 0.3 is 0 Å². The number of sulfone groups is 1. The van der Waals surface area contributed by atoms with Crippen LogP contribution in [0.1, 0.15) is 34.2 Å². The van der Waals surface area contributed by atoms with Crippen LogP contribution in [0.15, 0.2) is 29.2 Å². The Hall–Kier alpha value is -1.93. The number of Topliss-reactive ketones (excluding diaryl/α,β-unsaturated/α-hetero) is 1. The van der Waals surface area contributed by atoms with E-state index in [2.05, 4.69) is 0 Å². The standard InChI is InChI=1S/C20H23NO5S2/c1-13-9-17(14(2)21(13)15-5-8-28(23,24)12-15)18(22)11-27-16-3-4-19-20(10-16)26-7-6-25-19/h3-4,9-10,15H,5-8,11-12H2,1-2H3/t15-/m0/s1. The minimum Gasteiger partial charge on any atom is -0.486 e. The Labute approximate surface area is 169 Å². The predicted octanol–water partition coefficient (Wildman–Crippen LogP) is 3.21. The molecule has 4 rings (SSSR count). The maximum Gasteiger partial charge on any atom is 0.174 e. The fourth-order valence-electron chi connectivity index (χ4n) is 3.94. The van der Waals surface area contributed by atoms with Gasteiger partial charge in [-0.05, 0) is 44.5 Å². The summed E-state index contributed by atoms with van der Waals surface area (Å²) in [5.41, 5.74) is 2.46. The van der Waals surface area contributed by atoms with E-state index in [1.54, 1.807) is 0 Å². The van der Waals surface area contributed by atoms with Gasteiger partial charge in [0.05, 0.1) is 17.3 Å². The minimum absolute atomic E-state index is 0.0418. The highest BCUT2D eigenvalue weighted by molar-refractivity contribution is 8.00. The molecule has 0 N–H and O–H groups in total. The zero-order chi connectivity index (χ0) is 19.9. The first-order valence-electron chi connectivity index (χ1n) is 9.28. The number of hydrogen-bond donors (Lipinski definition) is 0. The number of rotatable bonds is 5. The van der Waals surface area contributed by atoms with E-state index in [1.807, 2.05) is 42.7 Å². The van der Waals surface area contributed by atoms with Gasteiger partial charge in [-0.1, -0.05) is 0 Å². The van der Waals surface area contributed by atoms with Crippen molar-refractivity contribution in [3.63, 3.8) is 0 Å². The van der Waals surface area contributed by atoms with Gasteiger partial charge in [-0.15, -0.1) is 11.8 Å². The van der Waals surface area contributed by atoms with Crippen LogP contribution in [0.3, 0.4) is 0 Å². The number of aryl methyl sites for hydroxylation is 1. The Morgan fingerprint density at radius 1 is 1.18 bits per heavy atom. The first-order chi connectivity index (χ1) is 13.3. The normalized spacial score (nSPS) is 20.3. The molecule has 0 saturated carbocycles. The summed E-state index contributed by atoms with van der Waals surface area (Å²) in [7, 11) is -2.97. The summed E-state index contributed by atoms with van der Waals surface area (Å²) in [6.07, 6.45) is 0.609. The van der Waals surface area contributed by atoms with Gasteiger partial charge in [0.1, 0.15) is 13.2 Å². The van der Waals surface area contributed by atoms with Gasteiger partial charge in [-0.2, -0.15) is 0 Å². The van der Waals surface area contributed by atoms with Crippen molar-refractivity contribution >= 4 is 27.4 Å². The van der Waals surface area contributed by atoms with E-state index in [0.29, 0.717) is 36.7 Å². The number of nitrogens with zero attached hydrogens (tertiary/aromatic N) is 1. The van der Waals surface area contributed by atoms with Crippen molar-refractivity contribution < 1.29 is 22.7 Å². The third-order valence-corrected chi connectivity index (χ3v) is 7.99. The molecule has 0 radical (unpaired) electrons. The number of benzene rings is 1. The molecule has 0 unspecified atom stereocenters. The monoisotopic (exact) mass is 421 g/mol. The molecule has 2 aromatic rings. The third-order valence-electron chi connectivity index (χ3n) is 5.24. The van der Waals surface area contributed by atoms with Crippen LogP contribution in [0.2, 0.25) is 0 Å². The maximum absolute atomic E-state index is 12.8. The van der Waals surface area contributed by atoms with Gasteiger partial charge < -0.3 is 14.0 Å². The first-order valence-corrected chi connectivity index (χ1v) is 12.1. The smallest absolute Gasteiger partial charge is 0.174 e. The molecular weight excluding hydrogens is 398 g/mol. The van der Waals surface area contributed by atoms with Gasteiger partial charge in [0, 0.05) is 27.9 Å². The van der Waals surface area contributed by atoms with Crippen molar-refractivity contribution in [1.82, 2.24) is 4.57 Å². The summed E-state index contributed by atoms with van der Waals surface area (Å²) in [6.45, 7) is 4.92. The second-order valence-corrected chi connectivity index (χ2v) is 10.5. The summed E-state index contributed by atoms with van der Waals surface area (Å²) in [5, 5.41) is 0. The summed E-state index contributed by atoms with van der Waals surface area (Å²) >= 11 is 1.46. The fourth-order valence-corrected chi connectivity index (χ4v) is 6.45. The van der Waals surface area contributed by atoms with Gasteiger partial charge in [0.25, 0.3) is 0 Å². The van der Waals surface area contributed by atoms with Crippen molar-refractivity contribution in [2.45, 2.75) is 31.2 Å². The lowest BCUT2D eigenvalue weighted by molar-refractivity contribution is 0.102. The lowest BCUT2D eigenvalue weighted by Gasteiger charge is -2.18. The summed E-state index contributed by atoms with van der Waals surface area (Å²) in [5.74, 6) is 2.18. The maximum atomic E-state index is 12.8. The molecule has 1 saturated heterocycles. The molecule has 28 heavy (non-hydrogen) atoms. The molecule has 2 aliphatic heterocycles. The number of aromatic nitrogens is 1. The second-order valence-electron chi connectivity index (χ2n) is 7.23. The van der Waals surface area contributed by atoms with Crippen LogP contribution < -0.4 is 9.47 Å². The molecule has 0 aliphatic carbocycles. The van der Waals surface area contributed by atoms with Crippen LogP contribution in [0.5, 0.6) is 11.5 Å². The summed E-state index contributed by atoms with van der Waals surface area (Å²) in [6, 6.07) is 7.51. The zero-order valence-electron chi connectivity index (χ0n) is 15.9. The number of ketones is 1. The largest absolute Gasteiger partial charge is 0.486 e. The van der Waals surface area contributed by atoms with E-state index in [9.17, 15) is 13.2 Å². The Morgan fingerprint density at radius 3 is 2.64 bits per heavy atom. The van der Waals surface area contributed by atoms with E-state index in [-0.39, 0.29) is 23.3 Å². The minimum atomic E-state index is -2.97. The summed E-state index contributed by atoms with van der Waals surface area (Å²) in [4.78, 5) is 13.8. The van der Waals surface area contributed by atoms with Crippen molar-refractivity contribution in [3.8, 4) is 11.5 Å².